The summed E-state index contributed by atoms with van der Waals surface area (Å²) >= 11 is 0. The summed E-state index contributed by atoms with van der Waals surface area (Å²) in [6.07, 6.45) is 0. The van der Waals surface area contributed by atoms with Crippen LogP contribution < -0.4 is 0 Å². The van der Waals surface area contributed by atoms with Crippen LogP contribution in [0.15, 0.2) is 0 Å². The zero-order valence-corrected chi connectivity index (χ0v) is 6.59. The van der Waals surface area contributed by atoms with Crippen molar-refractivity contribution in [3.8, 4) is 0 Å². The molecule has 0 atom stereocenters. The Hall–Kier alpha value is 1.09. The maximum atomic E-state index is 2.15. The van der Waals surface area contributed by atoms with Crippen molar-refractivity contribution in [3.05, 3.63) is 0 Å². The van der Waals surface area contributed by atoms with E-state index in [0.717, 1.165) is 8.58 Å². The van der Waals surface area contributed by atoms with Crippen LogP contribution in [0.25, 0.3) is 0 Å². The Morgan fingerprint density at radius 3 is 1.25 bits per heavy atom. The molecule has 0 spiro atoms. The molecule has 0 saturated carbocycles. The van der Waals surface area contributed by atoms with E-state index in [2.05, 4.69) is 13.3 Å². The van der Waals surface area contributed by atoms with Gasteiger partial charge in [-0.1, -0.05) is 0 Å². The van der Waals surface area contributed by atoms with Gasteiger partial charge in [-0.25, -0.2) is 0 Å². The van der Waals surface area contributed by atoms with Crippen molar-refractivity contribution in [2.75, 3.05) is 13.3 Å². The molecule has 27 valence electrons. The van der Waals surface area contributed by atoms with Gasteiger partial charge in [0.25, 0.3) is 0 Å². The molecule has 0 bridgehead atoms. The van der Waals surface area contributed by atoms with E-state index in [4.69, 9.17) is 0 Å². The van der Waals surface area contributed by atoms with Crippen molar-refractivity contribution in [2.45, 2.75) is 0 Å². The fourth-order valence-electron chi connectivity index (χ4n) is 0. The van der Waals surface area contributed by atoms with Crippen LogP contribution in [0.4, 0.5) is 0 Å². The molecule has 4 heavy (non-hydrogen) atoms. The first-order valence-electron chi connectivity index (χ1n) is 1.00. The average molecular weight is 248 g/mol. The first-order valence-corrected chi connectivity index (χ1v) is 3.00. The number of rotatable bonds is 0. The average Bonchev–Trinajstić information content (AvgIpc) is 0.918. The second-order valence-corrected chi connectivity index (χ2v) is 1.50. The Kier molecular flexibility index (Phi) is 19.9. The van der Waals surface area contributed by atoms with Crippen LogP contribution in [0.2, 0.25) is 0 Å². The number of hydrogen-bond donors (Lipinski definition) is 0. The van der Waals surface area contributed by atoms with Crippen LogP contribution in [0.1, 0.15) is 0 Å². The Labute approximate surface area is 42.8 Å². The Morgan fingerprint density at radius 1 is 1.25 bits per heavy atom. The third kappa shape index (κ3) is 11.3. The van der Waals surface area contributed by atoms with Crippen LogP contribution in [-0.2, 0) is 20.4 Å². The van der Waals surface area contributed by atoms with Gasteiger partial charge in [0.1, 0.15) is 0 Å². The SMILES string of the molecule is CPC.[Re]. The summed E-state index contributed by atoms with van der Waals surface area (Å²) in [5.41, 5.74) is 0. The molecule has 0 aliphatic rings. The maximum absolute atomic E-state index is 2.15. The standard InChI is InChI=1S/C2H7P.Re/c1-3-2;/h3H,1-2H3;. The van der Waals surface area contributed by atoms with Gasteiger partial charge in [-0.2, -0.15) is 0 Å². The molecule has 0 aromatic heterocycles. The molecule has 0 aromatic carbocycles. The largest absolute Gasteiger partial charge is 0.129 e. The molecule has 1 radical (unpaired) electrons. The normalized spacial score (nSPS) is 4.50. The molecule has 0 heterocycles. The third-order valence-electron chi connectivity index (χ3n) is 0. The molecule has 0 unspecified atom stereocenters. The van der Waals surface area contributed by atoms with Crippen LogP contribution in [-0.4, -0.2) is 13.3 Å². The minimum atomic E-state index is 0. The smallest absolute Gasteiger partial charge is 0 e. The van der Waals surface area contributed by atoms with E-state index in [9.17, 15) is 0 Å². The van der Waals surface area contributed by atoms with Crippen molar-refractivity contribution in [3.63, 3.8) is 0 Å². The molecule has 0 amide bonds. The fraction of sp³-hybridized carbons (Fsp3) is 1.00. The van der Waals surface area contributed by atoms with Crippen molar-refractivity contribution in [2.24, 2.45) is 0 Å². The molecule has 0 rings (SSSR count). The molecule has 0 nitrogen and oxygen atoms in total. The Balaban J connectivity index is 0. The number of hydrogen-bond acceptors (Lipinski definition) is 0. The molecule has 0 fully saturated rings. The molecule has 0 aromatic rings. The fourth-order valence-corrected chi connectivity index (χ4v) is 0. The minimum Gasteiger partial charge on any atom is -0.129 e. The molecule has 0 aliphatic heterocycles. The predicted molar refractivity (Wildman–Crippen MR) is 20.2 cm³/mol. The van der Waals surface area contributed by atoms with E-state index in [1.54, 1.807) is 0 Å². The zero-order chi connectivity index (χ0) is 2.71. The predicted octanol–water partition coefficient (Wildman–Crippen LogP) is 0.922. The van der Waals surface area contributed by atoms with Gasteiger partial charge >= 0.3 is 0 Å². The molecule has 0 aliphatic carbocycles. The van der Waals surface area contributed by atoms with Gasteiger partial charge in [0.05, 0.1) is 0 Å². The van der Waals surface area contributed by atoms with Crippen molar-refractivity contribution >= 4 is 8.58 Å². The molecular formula is C2H7PRe. The van der Waals surface area contributed by atoms with Gasteiger partial charge in [-0.3, -0.25) is 0 Å². The first-order chi connectivity index (χ1) is 1.41. The van der Waals surface area contributed by atoms with E-state index < -0.39 is 0 Å². The quantitative estimate of drug-likeness (QED) is 0.559. The summed E-state index contributed by atoms with van der Waals surface area (Å²) in [4.78, 5) is 0. The maximum Gasteiger partial charge on any atom is 0 e. The van der Waals surface area contributed by atoms with Crippen LogP contribution in [0, 0.1) is 0 Å². The summed E-state index contributed by atoms with van der Waals surface area (Å²) in [5, 5.41) is 0. The van der Waals surface area contributed by atoms with Gasteiger partial charge in [0.15, 0.2) is 0 Å². The van der Waals surface area contributed by atoms with E-state index in [1.807, 2.05) is 0 Å². The summed E-state index contributed by atoms with van der Waals surface area (Å²) < 4.78 is 0. The van der Waals surface area contributed by atoms with Gasteiger partial charge in [0, 0.05) is 20.4 Å². The molecular weight excluding hydrogens is 241 g/mol. The molecule has 0 saturated heterocycles. The van der Waals surface area contributed by atoms with E-state index in [-0.39, 0.29) is 20.4 Å². The van der Waals surface area contributed by atoms with Crippen molar-refractivity contribution in [1.29, 1.82) is 0 Å². The second-order valence-electron chi connectivity index (χ2n) is 0.500. The first kappa shape index (κ1) is 8.92. The molecule has 0 N–H and O–H groups in total. The van der Waals surface area contributed by atoms with E-state index in [0.29, 0.717) is 0 Å². The van der Waals surface area contributed by atoms with Crippen molar-refractivity contribution in [1.82, 2.24) is 0 Å². The second kappa shape index (κ2) is 8.94. The van der Waals surface area contributed by atoms with Gasteiger partial charge in [-0.05, 0) is 13.3 Å². The third-order valence-corrected chi connectivity index (χ3v) is 0. The monoisotopic (exact) mass is 249 g/mol. The summed E-state index contributed by atoms with van der Waals surface area (Å²) in [6, 6.07) is 0. The van der Waals surface area contributed by atoms with E-state index >= 15 is 0 Å². The van der Waals surface area contributed by atoms with Crippen molar-refractivity contribution < 1.29 is 20.4 Å². The minimum absolute atomic E-state index is 0. The Bertz CT molecular complexity index is 6.00. The van der Waals surface area contributed by atoms with Gasteiger partial charge in [0.2, 0.25) is 0 Å². The topological polar surface area (TPSA) is 0 Å². The Morgan fingerprint density at radius 2 is 1.25 bits per heavy atom. The van der Waals surface area contributed by atoms with Crippen LogP contribution >= 0.6 is 8.58 Å². The van der Waals surface area contributed by atoms with Crippen LogP contribution in [0.3, 0.4) is 0 Å². The van der Waals surface area contributed by atoms with E-state index in [1.165, 1.54) is 0 Å². The summed E-state index contributed by atoms with van der Waals surface area (Å²) in [5.74, 6) is 0. The van der Waals surface area contributed by atoms with Gasteiger partial charge in [-0.15, -0.1) is 8.58 Å². The van der Waals surface area contributed by atoms with Crippen LogP contribution in [0.5, 0.6) is 0 Å². The summed E-state index contributed by atoms with van der Waals surface area (Å²) in [7, 11) is 1.08. The van der Waals surface area contributed by atoms with Gasteiger partial charge < -0.3 is 0 Å². The molecule has 2 heteroatoms. The zero-order valence-electron chi connectivity index (χ0n) is 2.88. The summed E-state index contributed by atoms with van der Waals surface area (Å²) in [6.45, 7) is 4.31.